The number of aliphatic carboxylic acids is 1. The number of benzene rings is 3. The van der Waals surface area contributed by atoms with E-state index in [0.717, 1.165) is 11.8 Å². The highest BCUT2D eigenvalue weighted by atomic mass is 32.2. The standard InChI is InChI=1S/C68H94N18O17S/c1-36(2)57-67(103)83-49(32-38-13-17-41(88)18-14-38)64(100)78-44(9-5-27-75-68(72)73)59(95)74-28-24-54(90)77-45(19-21-53(70)89)60(96)81-50(33-39-34-76-43-8-4-3-7-42(39)43)65(101)79-46(20-22-56(92)93)61(97)84-51(58(71)94)35-104-30-25-47(62(98)85-57)80-63(99)48(31-37-11-15-40(87)16-12-37)82-66(102)52-10-6-29-86(52)55(91)23-26-69/h3-4,7-8,11-18,34,36,44-52,57,76,87-88H,5-6,9-10,19-33,35,69H2,1-2H3,(H2,70,89)(H2,71,94)(H,74,95)(H,77,90)(H,78,100)(H,79,101)(H,80,99)(H,81,96)(H,82,102)(H,83,103)(H,84,97)(H,85,98)(H,92,93)(H4,72,73,75)/t44-,45-,46-,47+,48-,49-,50-,51+,52-,57-/m0/s1. The van der Waals surface area contributed by atoms with Crippen LogP contribution in [0.4, 0.5) is 0 Å². The molecular weight excluding hydrogens is 1370 g/mol. The second kappa shape index (κ2) is 40.6. The molecule has 0 unspecified atom stereocenters. The van der Waals surface area contributed by atoms with E-state index in [1.807, 2.05) is 0 Å². The van der Waals surface area contributed by atoms with Crippen molar-refractivity contribution in [1.82, 2.24) is 63.1 Å². The number of phenolic OH excluding ortho intramolecular Hbond substituents is 2. The molecule has 35 nitrogen and oxygen atoms in total. The molecule has 2 aliphatic rings. The largest absolute Gasteiger partial charge is 0.508 e. The number of thioether (sulfide) groups is 1. The smallest absolute Gasteiger partial charge is 0.303 e. The highest BCUT2D eigenvalue weighted by molar-refractivity contribution is 7.99. The third-order valence-corrected chi connectivity index (χ3v) is 18.3. The van der Waals surface area contributed by atoms with Crippen LogP contribution in [0.5, 0.6) is 11.5 Å². The minimum Gasteiger partial charge on any atom is -0.508 e. The molecule has 2 saturated heterocycles. The molecule has 13 amide bonds. The fraction of sp³-hybridized carbons (Fsp3) is 0.485. The zero-order valence-electron chi connectivity index (χ0n) is 57.7. The number of carboxylic acid groups (broad SMARTS) is 1. The Morgan fingerprint density at radius 2 is 1.26 bits per heavy atom. The van der Waals surface area contributed by atoms with Crippen LogP contribution in [0.1, 0.15) is 101 Å². The Morgan fingerprint density at radius 3 is 1.89 bits per heavy atom. The number of para-hydroxylation sites is 1. The molecule has 0 radical (unpaired) electrons. The van der Waals surface area contributed by atoms with Gasteiger partial charge in [0.05, 0.1) is 0 Å². The summed E-state index contributed by atoms with van der Waals surface area (Å²) in [6, 6.07) is 3.08. The number of nitrogens with zero attached hydrogens (tertiary/aromatic N) is 2. The van der Waals surface area contributed by atoms with Gasteiger partial charge in [-0.3, -0.25) is 72.1 Å². The Bertz CT molecular complexity index is 3740. The number of aliphatic imine (C=N–C) groups is 1. The molecule has 0 saturated carbocycles. The number of hydrogen-bond acceptors (Lipinski definition) is 19. The lowest BCUT2D eigenvalue weighted by Crippen LogP contribution is -2.61. The van der Waals surface area contributed by atoms with Gasteiger partial charge in [-0.25, -0.2) is 0 Å². The first-order valence-corrected chi connectivity index (χ1v) is 35.2. The zero-order chi connectivity index (χ0) is 76.2. The van der Waals surface area contributed by atoms with Crippen molar-refractivity contribution < 1.29 is 82.4 Å². The molecule has 1 aromatic heterocycles. The monoisotopic (exact) mass is 1470 g/mol. The number of aromatic nitrogens is 1. The molecule has 3 aromatic carbocycles. The van der Waals surface area contributed by atoms with Gasteiger partial charge in [0.2, 0.25) is 76.8 Å². The van der Waals surface area contributed by atoms with Crippen molar-refractivity contribution >= 4 is 111 Å². The Balaban J connectivity index is 1.41. The maximum atomic E-state index is 15.0. The second-order valence-electron chi connectivity index (χ2n) is 25.6. The third-order valence-electron chi connectivity index (χ3n) is 17.2. The highest BCUT2D eigenvalue weighted by Gasteiger charge is 2.39. The van der Waals surface area contributed by atoms with Crippen molar-refractivity contribution in [2.24, 2.45) is 39.6 Å². The molecule has 564 valence electrons. The molecule has 10 atom stereocenters. The van der Waals surface area contributed by atoms with Crippen molar-refractivity contribution in [2.75, 3.05) is 37.7 Å². The SMILES string of the molecule is CC(C)[C@@H]1NC(=O)[C@H](NC(=O)[C@H](Cc2ccc(O)cc2)NC(=O)[C@@H]2CCCN2C(=O)CCN)CCSC[C@H](C(N)=O)NC(=O)[C@H](CCC(=O)O)NC(=O)[C@H](Cc2c[nH]c3ccccc23)NC(=O)[C@H](CCC(N)=O)NC(=O)CCNC(=O)[C@H](CCCN=C(N)N)NC(=O)[C@H](Cc2ccc(O)cc2)NC1=O. The van der Waals surface area contributed by atoms with E-state index in [-0.39, 0.29) is 106 Å². The van der Waals surface area contributed by atoms with E-state index in [1.165, 1.54) is 53.4 Å². The molecular formula is C68H94N18O17S. The Hall–Kier alpha value is -11.0. The van der Waals surface area contributed by atoms with Crippen LogP contribution in [0.25, 0.3) is 10.9 Å². The average Bonchev–Trinajstić information content (AvgIpc) is 1.66. The van der Waals surface area contributed by atoms with Crippen LogP contribution in [0.2, 0.25) is 0 Å². The van der Waals surface area contributed by atoms with Gasteiger partial charge in [0.15, 0.2) is 5.96 Å². The van der Waals surface area contributed by atoms with Gasteiger partial charge >= 0.3 is 5.97 Å². The Kier molecular flexibility index (Phi) is 32.0. The lowest BCUT2D eigenvalue weighted by atomic mass is 9.99. The molecule has 0 bridgehead atoms. The molecule has 36 heteroatoms. The maximum Gasteiger partial charge on any atom is 0.303 e. The number of carboxylic acids is 1. The summed E-state index contributed by atoms with van der Waals surface area (Å²) in [6.07, 6.45) is -1.69. The molecule has 0 aliphatic carbocycles. The van der Waals surface area contributed by atoms with Crippen LogP contribution in [-0.2, 0) is 86.4 Å². The van der Waals surface area contributed by atoms with Crippen LogP contribution in [0.15, 0.2) is 84.0 Å². The molecule has 104 heavy (non-hydrogen) atoms. The number of hydrogen-bond donors (Lipinski definition) is 19. The second-order valence-corrected chi connectivity index (χ2v) is 26.7. The van der Waals surface area contributed by atoms with Crippen LogP contribution >= 0.6 is 11.8 Å². The van der Waals surface area contributed by atoms with Crippen molar-refractivity contribution in [3.63, 3.8) is 0 Å². The number of fused-ring (bicyclic) bond motifs is 1. The number of nitrogens with one attached hydrogen (secondary N) is 11. The van der Waals surface area contributed by atoms with Gasteiger partial charge in [-0.05, 0) is 104 Å². The summed E-state index contributed by atoms with van der Waals surface area (Å²) in [6.45, 7) is 2.91. The van der Waals surface area contributed by atoms with E-state index in [2.05, 4.69) is 63.1 Å². The van der Waals surface area contributed by atoms with Gasteiger partial charge in [-0.2, -0.15) is 11.8 Å². The minimum atomic E-state index is -1.74. The van der Waals surface area contributed by atoms with E-state index in [9.17, 15) is 77.6 Å². The highest BCUT2D eigenvalue weighted by Crippen LogP contribution is 2.23. The molecule has 2 aliphatic heterocycles. The van der Waals surface area contributed by atoms with Crippen LogP contribution < -0.4 is 81.8 Å². The lowest BCUT2D eigenvalue weighted by Gasteiger charge is -2.29. The molecule has 24 N–H and O–H groups in total. The zero-order valence-corrected chi connectivity index (χ0v) is 58.6. The van der Waals surface area contributed by atoms with E-state index >= 15 is 4.79 Å². The number of aromatic hydroxyl groups is 2. The van der Waals surface area contributed by atoms with Crippen molar-refractivity contribution in [1.29, 1.82) is 0 Å². The van der Waals surface area contributed by atoms with E-state index < -0.39 is 182 Å². The number of rotatable bonds is 24. The Labute approximate surface area is 603 Å². The first kappa shape index (κ1) is 81.9. The number of carbonyl (C=O) groups excluding carboxylic acids is 13. The van der Waals surface area contributed by atoms with Gasteiger partial charge in [-0.15, -0.1) is 0 Å². The number of likely N-dealkylation sites (tertiary alicyclic amines) is 1. The first-order valence-electron chi connectivity index (χ1n) is 34.0. The van der Waals surface area contributed by atoms with Gasteiger partial charge in [0, 0.05) is 94.0 Å². The maximum absolute atomic E-state index is 15.0. The Morgan fingerprint density at radius 1 is 0.663 bits per heavy atom. The number of guanidine groups is 1. The van der Waals surface area contributed by atoms with E-state index in [4.69, 9.17) is 28.7 Å². The summed E-state index contributed by atoms with van der Waals surface area (Å²) in [5.41, 5.74) is 30.1. The number of nitrogens with two attached hydrogens (primary N) is 5. The third kappa shape index (κ3) is 26.1. The van der Waals surface area contributed by atoms with Gasteiger partial charge < -0.3 is 107 Å². The normalized spacial score (nSPS) is 22.2. The molecule has 4 aromatic rings. The van der Waals surface area contributed by atoms with Crippen molar-refractivity contribution in [3.8, 4) is 11.5 Å². The molecule has 2 fully saturated rings. The summed E-state index contributed by atoms with van der Waals surface area (Å²) >= 11 is 0.924. The fourth-order valence-corrected chi connectivity index (χ4v) is 12.6. The lowest BCUT2D eigenvalue weighted by molar-refractivity contribution is -0.139. The summed E-state index contributed by atoms with van der Waals surface area (Å²) in [5.74, 6) is -15.0. The van der Waals surface area contributed by atoms with Gasteiger partial charge in [0.1, 0.15) is 71.9 Å². The quantitative estimate of drug-likeness (QED) is 0.0182. The van der Waals surface area contributed by atoms with E-state index in [1.54, 1.807) is 44.3 Å². The van der Waals surface area contributed by atoms with E-state index in [0.29, 0.717) is 34.0 Å². The van der Waals surface area contributed by atoms with Gasteiger partial charge in [0.25, 0.3) is 0 Å². The summed E-state index contributed by atoms with van der Waals surface area (Å²) in [5, 5.41) is 56.9. The molecule has 0 spiro atoms. The van der Waals surface area contributed by atoms with Crippen molar-refractivity contribution in [3.05, 3.63) is 95.7 Å². The van der Waals surface area contributed by atoms with Crippen LogP contribution in [0, 0.1) is 5.92 Å². The topological polar surface area (TPSA) is 581 Å². The average molecular weight is 1470 g/mol. The number of amides is 13. The predicted octanol–water partition coefficient (Wildman–Crippen LogP) is -3.72. The fourth-order valence-electron chi connectivity index (χ4n) is 11.6. The van der Waals surface area contributed by atoms with Crippen molar-refractivity contribution in [2.45, 2.75) is 164 Å². The molecule has 6 rings (SSSR count). The number of H-pyrrole nitrogens is 1. The van der Waals surface area contributed by atoms with Gasteiger partial charge in [-0.1, -0.05) is 56.3 Å². The van der Waals surface area contributed by atoms with Crippen LogP contribution in [0.3, 0.4) is 0 Å². The summed E-state index contributed by atoms with van der Waals surface area (Å²) in [4.78, 5) is 204. The minimum absolute atomic E-state index is 0.00886. The summed E-state index contributed by atoms with van der Waals surface area (Å²) in [7, 11) is 0. The molecule has 3 heterocycles. The number of phenols is 2. The number of carbonyl (C=O) groups is 14. The number of aromatic amines is 1. The summed E-state index contributed by atoms with van der Waals surface area (Å²) < 4.78 is 0. The van der Waals surface area contributed by atoms with Crippen LogP contribution in [-0.4, -0.2) is 212 Å². The predicted molar refractivity (Wildman–Crippen MR) is 380 cm³/mol. The first-order chi connectivity index (χ1) is 49.5. The number of primary amides is 2.